The van der Waals surface area contributed by atoms with E-state index >= 15 is 0 Å². The minimum absolute atomic E-state index is 0.0274. The predicted molar refractivity (Wildman–Crippen MR) is 60.9 cm³/mol. The summed E-state index contributed by atoms with van der Waals surface area (Å²) >= 11 is 1.57. The number of amides is 1. The first-order valence-electron chi connectivity index (χ1n) is 5.44. The Balaban J connectivity index is 2.17. The maximum Gasteiger partial charge on any atom is 0.327 e. The van der Waals surface area contributed by atoms with Gasteiger partial charge in [-0.2, -0.15) is 0 Å². The monoisotopic (exact) mass is 244 g/mol. The SMILES string of the molecule is C[C@@H](N)C(=O)N1C(C(=O)O)CSC1C1CC1. The first-order valence-corrected chi connectivity index (χ1v) is 6.49. The van der Waals surface area contributed by atoms with E-state index in [-0.39, 0.29) is 11.3 Å². The average molecular weight is 244 g/mol. The van der Waals surface area contributed by atoms with Gasteiger partial charge < -0.3 is 15.7 Å². The van der Waals surface area contributed by atoms with Crippen molar-refractivity contribution in [3.8, 4) is 0 Å². The van der Waals surface area contributed by atoms with Crippen LogP contribution in [0.1, 0.15) is 19.8 Å². The Bertz CT molecular complexity index is 317. The number of hydrogen-bond donors (Lipinski definition) is 2. The number of carbonyl (C=O) groups excluding carboxylic acids is 1. The zero-order chi connectivity index (χ0) is 11.9. The molecule has 3 atom stereocenters. The fraction of sp³-hybridized carbons (Fsp3) is 0.800. The highest BCUT2D eigenvalue weighted by Gasteiger charge is 2.48. The Hall–Kier alpha value is -0.750. The minimum atomic E-state index is -0.926. The molecule has 0 aromatic carbocycles. The molecule has 0 radical (unpaired) electrons. The first kappa shape index (κ1) is 11.7. The van der Waals surface area contributed by atoms with Crippen LogP contribution in [0.5, 0.6) is 0 Å². The molecule has 5 nitrogen and oxygen atoms in total. The Morgan fingerprint density at radius 2 is 2.12 bits per heavy atom. The third-order valence-corrected chi connectivity index (χ3v) is 4.45. The molecule has 1 aliphatic carbocycles. The van der Waals surface area contributed by atoms with Gasteiger partial charge in [0.25, 0.3) is 0 Å². The van der Waals surface area contributed by atoms with E-state index in [9.17, 15) is 9.59 Å². The van der Waals surface area contributed by atoms with Crippen molar-refractivity contribution in [3.63, 3.8) is 0 Å². The number of carboxylic acid groups (broad SMARTS) is 1. The summed E-state index contributed by atoms with van der Waals surface area (Å²) in [5.41, 5.74) is 5.57. The molecule has 0 bridgehead atoms. The molecule has 0 aromatic heterocycles. The molecule has 16 heavy (non-hydrogen) atoms. The molecule has 1 saturated heterocycles. The molecule has 2 aliphatic rings. The van der Waals surface area contributed by atoms with E-state index in [4.69, 9.17) is 10.8 Å². The van der Waals surface area contributed by atoms with Gasteiger partial charge in [-0.3, -0.25) is 4.79 Å². The van der Waals surface area contributed by atoms with Crippen LogP contribution in [-0.2, 0) is 9.59 Å². The summed E-state index contributed by atoms with van der Waals surface area (Å²) in [4.78, 5) is 24.5. The molecule has 3 N–H and O–H groups in total. The zero-order valence-electron chi connectivity index (χ0n) is 9.13. The lowest BCUT2D eigenvalue weighted by atomic mass is 10.2. The number of thioether (sulfide) groups is 1. The van der Waals surface area contributed by atoms with Crippen LogP contribution in [0.15, 0.2) is 0 Å². The van der Waals surface area contributed by atoms with Gasteiger partial charge in [0.15, 0.2) is 0 Å². The van der Waals surface area contributed by atoms with Crippen LogP contribution in [0, 0.1) is 5.92 Å². The number of carboxylic acids is 1. The summed E-state index contributed by atoms with van der Waals surface area (Å²) in [7, 11) is 0. The Kier molecular flexibility index (Phi) is 3.12. The number of rotatable bonds is 3. The predicted octanol–water partition coefficient (Wildman–Crippen LogP) is 0.0983. The van der Waals surface area contributed by atoms with Crippen molar-refractivity contribution in [2.45, 2.75) is 37.2 Å². The van der Waals surface area contributed by atoms with Gasteiger partial charge in [0.1, 0.15) is 6.04 Å². The van der Waals surface area contributed by atoms with Crippen molar-refractivity contribution in [2.75, 3.05) is 5.75 Å². The fourth-order valence-corrected chi connectivity index (χ4v) is 3.62. The van der Waals surface area contributed by atoms with Gasteiger partial charge in [0, 0.05) is 5.75 Å². The van der Waals surface area contributed by atoms with Crippen molar-refractivity contribution in [2.24, 2.45) is 11.7 Å². The molecule has 2 fully saturated rings. The molecule has 0 spiro atoms. The quantitative estimate of drug-likeness (QED) is 0.735. The standard InChI is InChI=1S/C10H16N2O3S/c1-5(11)8(13)12-7(10(14)15)4-16-9(12)6-2-3-6/h5-7,9H,2-4,11H2,1H3,(H,14,15)/t5-,7?,9?/m1/s1. The van der Waals surface area contributed by atoms with E-state index < -0.39 is 18.1 Å². The second kappa shape index (κ2) is 4.25. The number of hydrogen-bond acceptors (Lipinski definition) is 4. The highest BCUT2D eigenvalue weighted by Crippen LogP contribution is 2.45. The van der Waals surface area contributed by atoms with Gasteiger partial charge >= 0.3 is 5.97 Å². The largest absolute Gasteiger partial charge is 0.480 e. The van der Waals surface area contributed by atoms with Crippen LogP contribution in [-0.4, -0.2) is 45.1 Å². The minimum Gasteiger partial charge on any atom is -0.480 e. The van der Waals surface area contributed by atoms with Crippen LogP contribution in [0.3, 0.4) is 0 Å². The summed E-state index contributed by atoms with van der Waals surface area (Å²) < 4.78 is 0. The molecule has 90 valence electrons. The second-order valence-electron chi connectivity index (χ2n) is 4.45. The topological polar surface area (TPSA) is 83.6 Å². The lowest BCUT2D eigenvalue weighted by molar-refractivity contribution is -0.149. The molecule has 2 unspecified atom stereocenters. The van der Waals surface area contributed by atoms with Crippen molar-refractivity contribution in [1.82, 2.24) is 4.90 Å². The Morgan fingerprint density at radius 1 is 1.50 bits per heavy atom. The van der Waals surface area contributed by atoms with E-state index in [0.717, 1.165) is 12.8 Å². The third kappa shape index (κ3) is 2.04. The third-order valence-electron chi connectivity index (χ3n) is 2.99. The number of nitrogens with two attached hydrogens (primary N) is 1. The van der Waals surface area contributed by atoms with Crippen molar-refractivity contribution < 1.29 is 14.7 Å². The first-order chi connectivity index (χ1) is 7.52. The summed E-state index contributed by atoms with van der Waals surface area (Å²) in [6, 6.07) is -1.32. The van der Waals surface area contributed by atoms with Crippen molar-refractivity contribution in [1.29, 1.82) is 0 Å². The van der Waals surface area contributed by atoms with Crippen molar-refractivity contribution in [3.05, 3.63) is 0 Å². The van der Waals surface area contributed by atoms with Crippen molar-refractivity contribution >= 4 is 23.6 Å². The Labute approximate surface area is 98.4 Å². The maximum atomic E-state index is 11.9. The van der Waals surface area contributed by atoms with E-state index in [1.807, 2.05) is 0 Å². The molecule has 2 rings (SSSR count). The van der Waals surface area contributed by atoms with Crippen LogP contribution in [0.25, 0.3) is 0 Å². The van der Waals surface area contributed by atoms with E-state index in [1.165, 1.54) is 4.90 Å². The molecular formula is C10H16N2O3S. The Morgan fingerprint density at radius 3 is 2.56 bits per heavy atom. The van der Waals surface area contributed by atoms with E-state index in [0.29, 0.717) is 11.7 Å². The number of carbonyl (C=O) groups is 2. The lowest BCUT2D eigenvalue weighted by Gasteiger charge is -2.28. The summed E-state index contributed by atoms with van der Waals surface area (Å²) in [5, 5.41) is 9.11. The van der Waals surface area contributed by atoms with Crippen LogP contribution >= 0.6 is 11.8 Å². The van der Waals surface area contributed by atoms with Gasteiger partial charge in [-0.05, 0) is 25.7 Å². The summed E-state index contributed by atoms with van der Waals surface area (Å²) in [6.07, 6.45) is 2.18. The van der Waals surface area contributed by atoms with Crippen LogP contribution in [0.4, 0.5) is 0 Å². The van der Waals surface area contributed by atoms with Gasteiger partial charge in [0.2, 0.25) is 5.91 Å². The fourth-order valence-electron chi connectivity index (χ4n) is 1.98. The number of aliphatic carboxylic acids is 1. The summed E-state index contributed by atoms with van der Waals surface area (Å²) in [5.74, 6) is -0.217. The highest BCUT2D eigenvalue weighted by atomic mass is 32.2. The second-order valence-corrected chi connectivity index (χ2v) is 5.60. The van der Waals surface area contributed by atoms with Gasteiger partial charge in [-0.25, -0.2) is 4.79 Å². The molecular weight excluding hydrogens is 228 g/mol. The normalized spacial score (nSPS) is 31.5. The molecule has 1 heterocycles. The highest BCUT2D eigenvalue weighted by molar-refractivity contribution is 8.00. The average Bonchev–Trinajstić information content (AvgIpc) is 2.95. The van der Waals surface area contributed by atoms with Gasteiger partial charge in [0.05, 0.1) is 11.4 Å². The molecule has 1 aliphatic heterocycles. The van der Waals surface area contributed by atoms with Crippen LogP contribution < -0.4 is 5.73 Å². The van der Waals surface area contributed by atoms with E-state index in [1.54, 1.807) is 18.7 Å². The van der Waals surface area contributed by atoms with Crippen LogP contribution in [0.2, 0.25) is 0 Å². The molecule has 0 aromatic rings. The van der Waals surface area contributed by atoms with Gasteiger partial charge in [-0.1, -0.05) is 0 Å². The summed E-state index contributed by atoms with van der Waals surface area (Å²) in [6.45, 7) is 1.61. The van der Waals surface area contributed by atoms with E-state index in [2.05, 4.69) is 0 Å². The smallest absolute Gasteiger partial charge is 0.327 e. The maximum absolute atomic E-state index is 11.9. The van der Waals surface area contributed by atoms with Gasteiger partial charge in [-0.15, -0.1) is 11.8 Å². The lowest BCUT2D eigenvalue weighted by Crippen LogP contribution is -2.51. The zero-order valence-corrected chi connectivity index (χ0v) is 9.94. The molecule has 1 amide bonds. The molecule has 1 saturated carbocycles. The number of nitrogens with zero attached hydrogens (tertiary/aromatic N) is 1. The molecule has 6 heteroatoms.